The van der Waals surface area contributed by atoms with Crippen LogP contribution in [-0.4, -0.2) is 15.7 Å². The van der Waals surface area contributed by atoms with Crippen molar-refractivity contribution in [2.24, 2.45) is 12.8 Å². The van der Waals surface area contributed by atoms with Gasteiger partial charge >= 0.3 is 0 Å². The van der Waals surface area contributed by atoms with Gasteiger partial charge in [-0.15, -0.1) is 0 Å². The highest BCUT2D eigenvalue weighted by Crippen LogP contribution is 2.25. The largest absolute Gasteiger partial charge is 0.382 e. The van der Waals surface area contributed by atoms with Gasteiger partial charge in [0.25, 0.3) is 5.91 Å². The molecule has 0 fully saturated rings. The lowest BCUT2D eigenvalue weighted by atomic mass is 10.1. The summed E-state index contributed by atoms with van der Waals surface area (Å²) in [5, 5.41) is 7.70. The van der Waals surface area contributed by atoms with Gasteiger partial charge in [-0.05, 0) is 29.8 Å². The number of aryl methyl sites for hydroxylation is 1. The van der Waals surface area contributed by atoms with E-state index in [1.54, 1.807) is 17.8 Å². The van der Waals surface area contributed by atoms with E-state index in [-0.39, 0.29) is 5.91 Å². The summed E-state index contributed by atoms with van der Waals surface area (Å²) in [5.74, 6) is 0.124. The maximum absolute atomic E-state index is 12.6. The van der Waals surface area contributed by atoms with E-state index in [9.17, 15) is 4.79 Å². The van der Waals surface area contributed by atoms with Crippen LogP contribution in [0.2, 0.25) is 0 Å². The molecule has 22 heavy (non-hydrogen) atoms. The Balaban J connectivity index is 1.99. The number of rotatable bonds is 3. The Morgan fingerprint density at radius 1 is 1.27 bits per heavy atom. The normalized spacial score (nSPS) is 10.8. The lowest BCUT2D eigenvalue weighted by Gasteiger charge is -2.08. The third-order valence-electron chi connectivity index (χ3n) is 3.57. The van der Waals surface area contributed by atoms with Gasteiger partial charge in [-0.25, -0.2) is 0 Å². The Labute approximate surface area is 127 Å². The van der Waals surface area contributed by atoms with Crippen molar-refractivity contribution in [2.75, 3.05) is 11.1 Å². The molecule has 1 aromatic heterocycles. The minimum absolute atomic E-state index is 0.223. The van der Waals surface area contributed by atoms with Gasteiger partial charge in [-0.3, -0.25) is 9.48 Å². The van der Waals surface area contributed by atoms with Crippen molar-refractivity contribution < 1.29 is 4.79 Å². The number of fused-ring (bicyclic) bond motifs is 1. The summed E-state index contributed by atoms with van der Waals surface area (Å²) in [6, 6.07) is 12.9. The van der Waals surface area contributed by atoms with Crippen LogP contribution in [-0.2, 0) is 13.6 Å². The van der Waals surface area contributed by atoms with Crippen molar-refractivity contribution in [3.05, 3.63) is 53.6 Å². The van der Waals surface area contributed by atoms with E-state index in [0.717, 1.165) is 11.1 Å². The second-order valence-corrected chi connectivity index (χ2v) is 5.07. The van der Waals surface area contributed by atoms with Crippen LogP contribution in [0.3, 0.4) is 0 Å². The van der Waals surface area contributed by atoms with Crippen molar-refractivity contribution in [1.29, 1.82) is 0 Å². The average Bonchev–Trinajstić information content (AvgIpc) is 2.82. The maximum Gasteiger partial charge on any atom is 0.256 e. The summed E-state index contributed by atoms with van der Waals surface area (Å²) in [7, 11) is 1.80. The van der Waals surface area contributed by atoms with E-state index in [0.29, 0.717) is 29.0 Å². The quantitative estimate of drug-likeness (QED) is 0.687. The molecule has 0 saturated heterocycles. The fraction of sp³-hybridized carbons (Fsp3) is 0.125. The molecule has 0 aliphatic rings. The Bertz CT molecular complexity index is 853. The smallest absolute Gasteiger partial charge is 0.256 e. The molecule has 6 nitrogen and oxygen atoms in total. The van der Waals surface area contributed by atoms with E-state index < -0.39 is 0 Å². The number of nitrogen functional groups attached to an aromatic ring is 1. The van der Waals surface area contributed by atoms with Crippen molar-refractivity contribution in [3.63, 3.8) is 0 Å². The molecule has 0 unspecified atom stereocenters. The molecule has 0 atom stereocenters. The van der Waals surface area contributed by atoms with E-state index in [1.165, 1.54) is 0 Å². The van der Waals surface area contributed by atoms with E-state index in [4.69, 9.17) is 11.5 Å². The third-order valence-corrected chi connectivity index (χ3v) is 3.57. The molecule has 6 heteroatoms. The van der Waals surface area contributed by atoms with Crippen LogP contribution in [0.1, 0.15) is 15.9 Å². The number of hydrogen-bond acceptors (Lipinski definition) is 4. The standard InChI is InChI=1S/C16H17N5O/c1-21-13-7-3-6-12(14(13)15(18)20-21)16(22)19-11-5-2-4-10(8-11)9-17/h2-8H,9,17H2,1H3,(H2,18,20)(H,19,22). The highest BCUT2D eigenvalue weighted by Gasteiger charge is 2.16. The van der Waals surface area contributed by atoms with Crippen LogP contribution < -0.4 is 16.8 Å². The fourth-order valence-corrected chi connectivity index (χ4v) is 2.51. The van der Waals surface area contributed by atoms with Gasteiger partial charge in [0.2, 0.25) is 0 Å². The summed E-state index contributed by atoms with van der Waals surface area (Å²) in [5.41, 5.74) is 14.5. The molecule has 0 radical (unpaired) electrons. The van der Waals surface area contributed by atoms with Crippen molar-refractivity contribution in [2.45, 2.75) is 6.54 Å². The summed E-state index contributed by atoms with van der Waals surface area (Å²) in [6.45, 7) is 0.425. The second kappa shape index (κ2) is 5.50. The number of aromatic nitrogens is 2. The number of nitrogens with zero attached hydrogens (tertiary/aromatic N) is 2. The van der Waals surface area contributed by atoms with Crippen molar-refractivity contribution >= 4 is 28.3 Å². The molecule has 0 bridgehead atoms. The fourth-order valence-electron chi connectivity index (χ4n) is 2.51. The second-order valence-electron chi connectivity index (χ2n) is 5.07. The van der Waals surface area contributed by atoms with Gasteiger partial charge in [0.05, 0.1) is 16.5 Å². The molecule has 3 aromatic rings. The number of anilines is 2. The Morgan fingerprint density at radius 3 is 2.82 bits per heavy atom. The van der Waals surface area contributed by atoms with Crippen LogP contribution in [0.4, 0.5) is 11.5 Å². The summed E-state index contributed by atoms with van der Waals surface area (Å²) < 4.78 is 1.66. The first-order valence-corrected chi connectivity index (χ1v) is 6.91. The lowest BCUT2D eigenvalue weighted by Crippen LogP contribution is -2.13. The van der Waals surface area contributed by atoms with E-state index >= 15 is 0 Å². The van der Waals surface area contributed by atoms with Gasteiger partial charge < -0.3 is 16.8 Å². The number of carbonyl (C=O) groups is 1. The summed E-state index contributed by atoms with van der Waals surface area (Å²) >= 11 is 0. The SMILES string of the molecule is Cn1nc(N)c2c(C(=O)Nc3cccc(CN)c3)cccc21. The molecule has 112 valence electrons. The Hall–Kier alpha value is -2.86. The molecule has 1 amide bonds. The molecule has 2 aromatic carbocycles. The number of nitrogens with one attached hydrogen (secondary N) is 1. The number of benzene rings is 2. The predicted octanol–water partition coefficient (Wildman–Crippen LogP) is 1.87. The van der Waals surface area contributed by atoms with Gasteiger partial charge in [0.1, 0.15) is 0 Å². The first-order valence-electron chi connectivity index (χ1n) is 6.91. The molecule has 1 heterocycles. The molecular weight excluding hydrogens is 278 g/mol. The minimum Gasteiger partial charge on any atom is -0.382 e. The predicted molar refractivity (Wildman–Crippen MR) is 87.4 cm³/mol. The lowest BCUT2D eigenvalue weighted by molar-refractivity contribution is 0.102. The maximum atomic E-state index is 12.6. The van der Waals surface area contributed by atoms with Gasteiger partial charge in [0, 0.05) is 19.3 Å². The van der Waals surface area contributed by atoms with Crippen LogP contribution in [0.5, 0.6) is 0 Å². The van der Waals surface area contributed by atoms with E-state index in [2.05, 4.69) is 10.4 Å². The van der Waals surface area contributed by atoms with Gasteiger partial charge in [-0.1, -0.05) is 18.2 Å². The van der Waals surface area contributed by atoms with Crippen molar-refractivity contribution in [1.82, 2.24) is 9.78 Å². The topological polar surface area (TPSA) is 99.0 Å². The Morgan fingerprint density at radius 2 is 2.05 bits per heavy atom. The minimum atomic E-state index is -0.223. The zero-order valence-electron chi connectivity index (χ0n) is 12.2. The summed E-state index contributed by atoms with van der Waals surface area (Å²) in [6.07, 6.45) is 0. The number of carbonyl (C=O) groups excluding carboxylic acids is 1. The zero-order chi connectivity index (χ0) is 15.7. The third kappa shape index (κ3) is 2.40. The van der Waals surface area contributed by atoms with Crippen LogP contribution in [0.15, 0.2) is 42.5 Å². The first-order chi connectivity index (χ1) is 10.6. The molecule has 0 aliphatic carbocycles. The average molecular weight is 295 g/mol. The van der Waals surface area contributed by atoms with Gasteiger partial charge in [-0.2, -0.15) is 5.10 Å². The Kier molecular flexibility index (Phi) is 3.52. The first kappa shape index (κ1) is 14.1. The van der Waals surface area contributed by atoms with Crippen molar-refractivity contribution in [3.8, 4) is 0 Å². The van der Waals surface area contributed by atoms with Gasteiger partial charge in [0.15, 0.2) is 5.82 Å². The van der Waals surface area contributed by atoms with E-state index in [1.807, 2.05) is 36.4 Å². The number of amides is 1. The van der Waals surface area contributed by atoms with Crippen LogP contribution in [0, 0.1) is 0 Å². The molecule has 0 aliphatic heterocycles. The zero-order valence-corrected chi connectivity index (χ0v) is 12.2. The molecule has 0 spiro atoms. The molecule has 5 N–H and O–H groups in total. The monoisotopic (exact) mass is 295 g/mol. The van der Waals surface area contributed by atoms with Crippen LogP contribution >= 0.6 is 0 Å². The highest BCUT2D eigenvalue weighted by molar-refractivity contribution is 6.15. The molecule has 0 saturated carbocycles. The number of nitrogens with two attached hydrogens (primary N) is 2. The van der Waals surface area contributed by atoms with Crippen LogP contribution in [0.25, 0.3) is 10.9 Å². The highest BCUT2D eigenvalue weighted by atomic mass is 16.1. The summed E-state index contributed by atoms with van der Waals surface area (Å²) in [4.78, 5) is 12.6. The number of hydrogen-bond donors (Lipinski definition) is 3. The molecular formula is C16H17N5O. The molecule has 3 rings (SSSR count).